The minimum absolute atomic E-state index is 0.125. The molecule has 0 saturated carbocycles. The van der Waals surface area contributed by atoms with Crippen LogP contribution in [0.1, 0.15) is 11.1 Å². The Kier molecular flexibility index (Phi) is 4.88. The number of carbonyl (C=O) groups excluding carboxylic acids is 2. The molecule has 4 heteroatoms. The van der Waals surface area contributed by atoms with E-state index in [4.69, 9.17) is 0 Å². The van der Waals surface area contributed by atoms with Gasteiger partial charge in [0, 0.05) is 11.1 Å². The summed E-state index contributed by atoms with van der Waals surface area (Å²) in [5.74, 6) is 0.250. The molecular weight excluding hydrogens is 280 g/mol. The summed E-state index contributed by atoms with van der Waals surface area (Å²) >= 11 is 0. The molecule has 0 bridgehead atoms. The molecule has 2 rings (SSSR count). The van der Waals surface area contributed by atoms with Gasteiger partial charge in [0.05, 0.1) is 0 Å². The van der Waals surface area contributed by atoms with Crippen LogP contribution in [0.25, 0.3) is 12.2 Å². The molecule has 0 saturated heterocycles. The van der Waals surface area contributed by atoms with Gasteiger partial charge in [0.1, 0.15) is 11.5 Å². The van der Waals surface area contributed by atoms with E-state index in [1.165, 1.54) is 24.3 Å². The van der Waals surface area contributed by atoms with E-state index in [1.807, 2.05) is 0 Å². The summed E-state index contributed by atoms with van der Waals surface area (Å²) in [6.45, 7) is 0. The fraction of sp³-hybridized carbons (Fsp3) is 0. The van der Waals surface area contributed by atoms with Crippen LogP contribution in [0.2, 0.25) is 0 Å². The van der Waals surface area contributed by atoms with Crippen molar-refractivity contribution < 1.29 is 19.8 Å². The average molecular weight is 294 g/mol. The van der Waals surface area contributed by atoms with Crippen molar-refractivity contribution in [2.45, 2.75) is 0 Å². The Morgan fingerprint density at radius 1 is 0.636 bits per heavy atom. The van der Waals surface area contributed by atoms with Gasteiger partial charge in [-0.2, -0.15) is 0 Å². The molecule has 110 valence electrons. The lowest BCUT2D eigenvalue weighted by Crippen LogP contribution is -1.93. The molecule has 0 aromatic heterocycles. The summed E-state index contributed by atoms with van der Waals surface area (Å²) in [6, 6.07) is 12.6. The van der Waals surface area contributed by atoms with Crippen LogP contribution >= 0.6 is 0 Å². The minimum atomic E-state index is 0.125. The number of benzene rings is 2. The van der Waals surface area contributed by atoms with Crippen LogP contribution < -0.4 is 0 Å². The molecule has 0 radical (unpaired) electrons. The highest BCUT2D eigenvalue weighted by Crippen LogP contribution is 2.18. The van der Waals surface area contributed by atoms with Gasteiger partial charge in [-0.25, -0.2) is 0 Å². The molecule has 0 fully saturated rings. The molecule has 0 spiro atoms. The molecule has 2 N–H and O–H groups in total. The first-order chi connectivity index (χ1) is 10.6. The molecule has 0 atom stereocenters. The lowest BCUT2D eigenvalue weighted by Gasteiger charge is -2.02. The molecule has 0 amide bonds. The van der Waals surface area contributed by atoms with Crippen LogP contribution in [0.15, 0.2) is 59.7 Å². The summed E-state index contributed by atoms with van der Waals surface area (Å²) < 4.78 is 0. The third-order valence-corrected chi connectivity index (χ3v) is 3.02. The molecule has 2 aromatic carbocycles. The highest BCUT2D eigenvalue weighted by atomic mass is 16.3. The molecule has 22 heavy (non-hydrogen) atoms. The van der Waals surface area contributed by atoms with Gasteiger partial charge in [-0.1, -0.05) is 24.3 Å². The Morgan fingerprint density at radius 3 is 1.23 bits per heavy atom. The van der Waals surface area contributed by atoms with Crippen LogP contribution in [0.4, 0.5) is 0 Å². The average Bonchev–Trinajstić information content (AvgIpc) is 2.54. The second kappa shape index (κ2) is 7.04. The molecule has 0 heterocycles. The highest BCUT2D eigenvalue weighted by Gasteiger charge is 2.04. The second-order valence-electron chi connectivity index (χ2n) is 4.62. The third-order valence-electron chi connectivity index (χ3n) is 3.02. The number of aldehydes is 2. The lowest BCUT2D eigenvalue weighted by atomic mass is 10.0. The van der Waals surface area contributed by atoms with Crippen molar-refractivity contribution >= 4 is 24.7 Å². The molecule has 2 aromatic rings. The van der Waals surface area contributed by atoms with E-state index in [0.29, 0.717) is 23.7 Å². The van der Waals surface area contributed by atoms with E-state index < -0.39 is 0 Å². The van der Waals surface area contributed by atoms with E-state index in [2.05, 4.69) is 0 Å². The lowest BCUT2D eigenvalue weighted by molar-refractivity contribution is -0.107. The normalized spacial score (nSPS) is 12.0. The van der Waals surface area contributed by atoms with Gasteiger partial charge < -0.3 is 10.2 Å². The van der Waals surface area contributed by atoms with Gasteiger partial charge in [0.25, 0.3) is 0 Å². The van der Waals surface area contributed by atoms with E-state index in [0.717, 1.165) is 0 Å². The molecular formula is C18H14O4. The van der Waals surface area contributed by atoms with Crippen molar-refractivity contribution in [2.24, 2.45) is 0 Å². The van der Waals surface area contributed by atoms with Crippen LogP contribution in [0.5, 0.6) is 11.5 Å². The van der Waals surface area contributed by atoms with Crippen LogP contribution in [0.3, 0.4) is 0 Å². The van der Waals surface area contributed by atoms with Gasteiger partial charge in [-0.3, -0.25) is 9.59 Å². The Hall–Kier alpha value is -3.14. The van der Waals surface area contributed by atoms with Crippen molar-refractivity contribution in [1.82, 2.24) is 0 Å². The number of phenols is 2. The third kappa shape index (κ3) is 3.93. The Labute approximate surface area is 127 Å². The number of allylic oxidation sites excluding steroid dienone is 2. The second-order valence-corrected chi connectivity index (χ2v) is 4.62. The maximum absolute atomic E-state index is 11.3. The number of hydrogen-bond acceptors (Lipinski definition) is 4. The summed E-state index contributed by atoms with van der Waals surface area (Å²) in [4.78, 5) is 22.5. The molecule has 0 aliphatic rings. The van der Waals surface area contributed by atoms with Crippen LogP contribution in [-0.4, -0.2) is 22.8 Å². The molecule has 4 nitrogen and oxygen atoms in total. The van der Waals surface area contributed by atoms with E-state index in [1.54, 1.807) is 36.4 Å². The van der Waals surface area contributed by atoms with Crippen LogP contribution in [-0.2, 0) is 9.59 Å². The quantitative estimate of drug-likeness (QED) is 0.505. The van der Waals surface area contributed by atoms with Gasteiger partial charge in [-0.05, 0) is 47.5 Å². The van der Waals surface area contributed by atoms with Gasteiger partial charge in [0.2, 0.25) is 0 Å². The van der Waals surface area contributed by atoms with Crippen molar-refractivity contribution in [2.75, 3.05) is 0 Å². The van der Waals surface area contributed by atoms with E-state index in [9.17, 15) is 19.8 Å². The van der Waals surface area contributed by atoms with E-state index >= 15 is 0 Å². The fourth-order valence-corrected chi connectivity index (χ4v) is 1.87. The van der Waals surface area contributed by atoms with Gasteiger partial charge in [0.15, 0.2) is 12.6 Å². The first-order valence-electron chi connectivity index (χ1n) is 6.54. The topological polar surface area (TPSA) is 74.6 Å². The van der Waals surface area contributed by atoms with Crippen molar-refractivity contribution in [3.63, 3.8) is 0 Å². The summed E-state index contributed by atoms with van der Waals surface area (Å²) in [7, 11) is 0. The van der Waals surface area contributed by atoms with Crippen LogP contribution in [0, 0.1) is 0 Å². The predicted molar refractivity (Wildman–Crippen MR) is 84.3 cm³/mol. The zero-order chi connectivity index (χ0) is 15.9. The SMILES string of the molecule is O=CC(=Cc1ccc(O)cc1)C(C=O)=Cc1ccc(O)cc1. The van der Waals surface area contributed by atoms with Crippen molar-refractivity contribution in [3.8, 4) is 11.5 Å². The van der Waals surface area contributed by atoms with Gasteiger partial charge >= 0.3 is 0 Å². The maximum Gasteiger partial charge on any atom is 0.150 e. The summed E-state index contributed by atoms with van der Waals surface area (Å²) in [5.41, 5.74) is 1.85. The predicted octanol–water partition coefficient (Wildman–Crippen LogP) is 2.96. The van der Waals surface area contributed by atoms with E-state index in [-0.39, 0.29) is 22.6 Å². The Morgan fingerprint density at radius 2 is 0.955 bits per heavy atom. The van der Waals surface area contributed by atoms with Crippen molar-refractivity contribution in [1.29, 1.82) is 0 Å². The smallest absolute Gasteiger partial charge is 0.150 e. The first-order valence-corrected chi connectivity index (χ1v) is 6.54. The monoisotopic (exact) mass is 294 g/mol. The number of aromatic hydroxyl groups is 2. The number of hydrogen-bond donors (Lipinski definition) is 2. The Balaban J connectivity index is 2.37. The Bertz CT molecular complexity index is 657. The summed E-state index contributed by atoms with van der Waals surface area (Å²) in [5, 5.41) is 18.5. The minimum Gasteiger partial charge on any atom is -0.508 e. The largest absolute Gasteiger partial charge is 0.508 e. The number of phenolic OH excluding ortho intramolecular Hbond substituents is 2. The standard InChI is InChI=1S/C18H14O4/c19-11-15(9-13-1-5-17(21)6-2-13)16(12-20)10-14-3-7-18(22)8-4-14/h1-12,21-22H. The number of rotatable bonds is 5. The zero-order valence-corrected chi connectivity index (χ0v) is 11.6. The van der Waals surface area contributed by atoms with Gasteiger partial charge in [-0.15, -0.1) is 0 Å². The highest BCUT2D eigenvalue weighted by molar-refractivity contribution is 6.02. The molecule has 0 aliphatic heterocycles. The summed E-state index contributed by atoms with van der Waals surface area (Å²) in [6.07, 6.45) is 4.33. The number of carbonyl (C=O) groups is 2. The van der Waals surface area contributed by atoms with Crippen molar-refractivity contribution in [3.05, 3.63) is 70.8 Å². The fourth-order valence-electron chi connectivity index (χ4n) is 1.87. The molecule has 0 aliphatic carbocycles. The molecule has 0 unspecified atom stereocenters. The maximum atomic E-state index is 11.3. The zero-order valence-electron chi connectivity index (χ0n) is 11.6. The first kappa shape index (κ1) is 15.3.